The van der Waals surface area contributed by atoms with E-state index in [2.05, 4.69) is 24.5 Å². The summed E-state index contributed by atoms with van der Waals surface area (Å²) < 4.78 is 5.76. The first-order chi connectivity index (χ1) is 18.2. The van der Waals surface area contributed by atoms with Crippen molar-refractivity contribution < 1.29 is 19.1 Å². The van der Waals surface area contributed by atoms with Gasteiger partial charge < -0.3 is 15.4 Å². The second-order valence-electron chi connectivity index (χ2n) is 9.93. The number of nitrogens with zero attached hydrogens (tertiary/aromatic N) is 1. The molecule has 3 amide bonds. The molecule has 1 aliphatic heterocycles. The Morgan fingerprint density at radius 3 is 2.47 bits per heavy atom. The van der Waals surface area contributed by atoms with E-state index in [1.807, 2.05) is 25.1 Å². The van der Waals surface area contributed by atoms with E-state index < -0.39 is 18.2 Å². The number of carbonyl (C=O) groups excluding carboxylic acids is 3. The van der Waals surface area contributed by atoms with E-state index in [1.54, 1.807) is 54.6 Å². The highest BCUT2D eigenvalue weighted by molar-refractivity contribution is 6.30. The molecule has 3 aromatic rings. The number of halogens is 1. The number of hydrogen-bond donors (Lipinski definition) is 2. The van der Waals surface area contributed by atoms with Crippen LogP contribution in [0.25, 0.3) is 0 Å². The number of rotatable bonds is 9. The van der Waals surface area contributed by atoms with Gasteiger partial charge in [0.25, 0.3) is 5.91 Å². The lowest BCUT2D eigenvalue weighted by molar-refractivity contribution is -0.126. The molecule has 7 nitrogen and oxygen atoms in total. The Morgan fingerprint density at radius 2 is 1.76 bits per heavy atom. The van der Waals surface area contributed by atoms with E-state index in [1.165, 1.54) is 4.90 Å². The van der Waals surface area contributed by atoms with Crippen molar-refractivity contribution >= 4 is 35.2 Å². The molecule has 0 radical (unpaired) electrons. The van der Waals surface area contributed by atoms with Crippen molar-refractivity contribution in [3.8, 4) is 0 Å². The van der Waals surface area contributed by atoms with Gasteiger partial charge in [-0.3, -0.25) is 14.5 Å². The van der Waals surface area contributed by atoms with Gasteiger partial charge in [0, 0.05) is 22.8 Å². The third-order valence-corrected chi connectivity index (χ3v) is 6.64. The van der Waals surface area contributed by atoms with Crippen molar-refractivity contribution in [2.45, 2.75) is 45.9 Å². The number of carbonyl (C=O) groups is 3. The van der Waals surface area contributed by atoms with Gasteiger partial charge in [-0.25, -0.2) is 4.79 Å². The molecule has 0 bridgehead atoms. The van der Waals surface area contributed by atoms with E-state index in [4.69, 9.17) is 16.3 Å². The van der Waals surface area contributed by atoms with Gasteiger partial charge in [0.2, 0.25) is 5.91 Å². The average molecular weight is 534 g/mol. The predicted octanol–water partition coefficient (Wildman–Crippen LogP) is 6.13. The highest BCUT2D eigenvalue weighted by Crippen LogP contribution is 2.35. The van der Waals surface area contributed by atoms with Crippen molar-refractivity contribution in [2.24, 2.45) is 5.92 Å². The predicted molar refractivity (Wildman–Crippen MR) is 148 cm³/mol. The Bertz CT molecular complexity index is 1310. The number of cyclic esters (lactones) is 1. The topological polar surface area (TPSA) is 87.7 Å². The minimum atomic E-state index is -0.892. The SMILES string of the molecule is Cc1ccc(C(=O)Nc2cccc(C3OC(=O)N(Cc4cccc(Cl)c4)C3C(=O)NCCC(C)C)c2)cc1. The minimum Gasteiger partial charge on any atom is -0.438 e. The van der Waals surface area contributed by atoms with Crippen LogP contribution in [0.1, 0.15) is 53.4 Å². The molecule has 198 valence electrons. The summed E-state index contributed by atoms with van der Waals surface area (Å²) in [4.78, 5) is 40.6. The van der Waals surface area contributed by atoms with Gasteiger partial charge in [-0.1, -0.05) is 67.4 Å². The van der Waals surface area contributed by atoms with Crippen LogP contribution in [0, 0.1) is 12.8 Å². The molecule has 8 heteroatoms. The van der Waals surface area contributed by atoms with E-state index >= 15 is 0 Å². The number of ether oxygens (including phenoxy) is 1. The second-order valence-corrected chi connectivity index (χ2v) is 10.4. The lowest BCUT2D eigenvalue weighted by atomic mass is 9.99. The summed E-state index contributed by atoms with van der Waals surface area (Å²) in [6, 6.07) is 20.6. The first-order valence-corrected chi connectivity index (χ1v) is 13.1. The molecule has 0 saturated carbocycles. The molecule has 4 rings (SSSR count). The number of amides is 3. The van der Waals surface area contributed by atoms with Crippen LogP contribution in [0.2, 0.25) is 5.02 Å². The lowest BCUT2D eigenvalue weighted by Gasteiger charge is -2.24. The molecule has 3 aromatic carbocycles. The van der Waals surface area contributed by atoms with Crippen LogP contribution in [-0.2, 0) is 16.1 Å². The maximum absolute atomic E-state index is 13.4. The zero-order valence-electron chi connectivity index (χ0n) is 21.7. The summed E-state index contributed by atoms with van der Waals surface area (Å²) in [7, 11) is 0. The first-order valence-electron chi connectivity index (χ1n) is 12.7. The van der Waals surface area contributed by atoms with Gasteiger partial charge in [-0.2, -0.15) is 0 Å². The second kappa shape index (κ2) is 12.1. The molecule has 0 aliphatic carbocycles. The Kier molecular flexibility index (Phi) is 8.69. The summed E-state index contributed by atoms with van der Waals surface area (Å²) in [5, 5.41) is 6.40. The van der Waals surface area contributed by atoms with Gasteiger partial charge in [0.1, 0.15) is 0 Å². The number of aryl methyl sites for hydroxylation is 1. The molecule has 1 aliphatic rings. The van der Waals surface area contributed by atoms with E-state index in [-0.39, 0.29) is 18.4 Å². The smallest absolute Gasteiger partial charge is 0.411 e. The molecule has 2 atom stereocenters. The summed E-state index contributed by atoms with van der Waals surface area (Å²) in [5.74, 6) is -0.127. The largest absolute Gasteiger partial charge is 0.438 e. The first kappa shape index (κ1) is 27.2. The quantitative estimate of drug-likeness (QED) is 0.346. The van der Waals surface area contributed by atoms with Gasteiger partial charge in [0.05, 0.1) is 6.54 Å². The highest BCUT2D eigenvalue weighted by atomic mass is 35.5. The van der Waals surface area contributed by atoms with E-state index in [0.29, 0.717) is 34.3 Å². The van der Waals surface area contributed by atoms with E-state index in [0.717, 1.165) is 17.5 Å². The van der Waals surface area contributed by atoms with Crippen LogP contribution in [0.5, 0.6) is 0 Å². The fraction of sp³-hybridized carbons (Fsp3) is 0.300. The molecular weight excluding hydrogens is 502 g/mol. The molecule has 1 heterocycles. The average Bonchev–Trinajstić information content (AvgIpc) is 3.20. The standard InChI is InChI=1S/C30H32ClN3O4/c1-19(2)14-15-32-29(36)26-27(38-30(37)34(26)18-21-6-4-8-24(31)16-21)23-7-5-9-25(17-23)33-28(35)22-12-10-20(3)11-13-22/h4-13,16-17,19,26-27H,14-15,18H2,1-3H3,(H,32,36)(H,33,35). The van der Waals surface area contributed by atoms with Gasteiger partial charge in [-0.05, 0) is 66.8 Å². The van der Waals surface area contributed by atoms with Crippen LogP contribution >= 0.6 is 11.6 Å². The molecule has 2 N–H and O–H groups in total. The van der Waals surface area contributed by atoms with Crippen LogP contribution < -0.4 is 10.6 Å². The zero-order chi connectivity index (χ0) is 27.2. The molecule has 1 saturated heterocycles. The van der Waals surface area contributed by atoms with Crippen molar-refractivity contribution in [1.82, 2.24) is 10.2 Å². The summed E-state index contributed by atoms with van der Waals surface area (Å²) in [6.45, 7) is 6.78. The number of hydrogen-bond acceptors (Lipinski definition) is 4. The maximum Gasteiger partial charge on any atom is 0.411 e. The van der Waals surface area contributed by atoms with Crippen LogP contribution in [-0.4, -0.2) is 35.4 Å². The Hall–Kier alpha value is -3.84. The number of anilines is 1. The Balaban J connectivity index is 1.59. The monoisotopic (exact) mass is 533 g/mol. The summed E-state index contributed by atoms with van der Waals surface area (Å²) in [6.07, 6.45) is -0.628. The molecule has 38 heavy (non-hydrogen) atoms. The summed E-state index contributed by atoms with van der Waals surface area (Å²) >= 11 is 6.15. The van der Waals surface area contributed by atoms with Crippen LogP contribution in [0.4, 0.5) is 10.5 Å². The van der Waals surface area contributed by atoms with Crippen molar-refractivity contribution in [2.75, 3.05) is 11.9 Å². The Morgan fingerprint density at radius 1 is 1.03 bits per heavy atom. The third-order valence-electron chi connectivity index (χ3n) is 6.40. The fourth-order valence-electron chi connectivity index (χ4n) is 4.33. The van der Waals surface area contributed by atoms with Crippen molar-refractivity contribution in [3.05, 3.63) is 100 Å². The molecule has 1 fully saturated rings. The third kappa shape index (κ3) is 6.72. The molecule has 2 unspecified atom stereocenters. The zero-order valence-corrected chi connectivity index (χ0v) is 22.5. The van der Waals surface area contributed by atoms with Gasteiger partial charge in [-0.15, -0.1) is 0 Å². The number of nitrogens with one attached hydrogen (secondary N) is 2. The fourth-order valence-corrected chi connectivity index (χ4v) is 4.55. The van der Waals surface area contributed by atoms with Gasteiger partial charge >= 0.3 is 6.09 Å². The van der Waals surface area contributed by atoms with Gasteiger partial charge in [0.15, 0.2) is 12.1 Å². The summed E-state index contributed by atoms with van der Waals surface area (Å²) in [5.41, 5.74) is 3.53. The van der Waals surface area contributed by atoms with Crippen molar-refractivity contribution in [3.63, 3.8) is 0 Å². The molecule has 0 spiro atoms. The molecular formula is C30H32ClN3O4. The molecule has 0 aromatic heterocycles. The normalized spacial score (nSPS) is 16.9. The Labute approximate surface area is 228 Å². The minimum absolute atomic E-state index is 0.169. The van der Waals surface area contributed by atoms with Crippen molar-refractivity contribution in [1.29, 1.82) is 0 Å². The maximum atomic E-state index is 13.4. The van der Waals surface area contributed by atoms with Crippen LogP contribution in [0.3, 0.4) is 0 Å². The number of benzene rings is 3. The highest BCUT2D eigenvalue weighted by Gasteiger charge is 2.47. The lowest BCUT2D eigenvalue weighted by Crippen LogP contribution is -2.46. The van der Waals surface area contributed by atoms with E-state index in [9.17, 15) is 14.4 Å². The van der Waals surface area contributed by atoms with Crippen LogP contribution in [0.15, 0.2) is 72.8 Å².